The minimum absolute atomic E-state index is 0.0107. The second-order valence-electron chi connectivity index (χ2n) is 4.51. The third kappa shape index (κ3) is 1.64. The number of likely N-dealkylation sites (tertiary alicyclic amines) is 1. The summed E-state index contributed by atoms with van der Waals surface area (Å²) in [6.45, 7) is 4.11. The van der Waals surface area contributed by atoms with Gasteiger partial charge in [-0.15, -0.1) is 0 Å². The molecular formula is C10H18N2O2. The van der Waals surface area contributed by atoms with Crippen molar-refractivity contribution in [3.05, 3.63) is 0 Å². The molecule has 2 fully saturated rings. The lowest BCUT2D eigenvalue weighted by atomic mass is 9.88. The number of piperidine rings is 1. The third-order valence-electron chi connectivity index (χ3n) is 3.43. The summed E-state index contributed by atoms with van der Waals surface area (Å²) in [5.41, 5.74) is 0.766. The van der Waals surface area contributed by atoms with Gasteiger partial charge in [0.15, 0.2) is 0 Å². The lowest BCUT2D eigenvalue weighted by Gasteiger charge is -2.36. The molecule has 0 saturated carbocycles. The number of nitrogens with zero attached hydrogens (tertiary/aromatic N) is 2. The van der Waals surface area contributed by atoms with Gasteiger partial charge < -0.3 is 14.8 Å². The normalized spacial score (nSPS) is 35.6. The zero-order valence-electron chi connectivity index (χ0n) is 8.86. The van der Waals surface area contributed by atoms with E-state index in [1.54, 1.807) is 0 Å². The van der Waals surface area contributed by atoms with Crippen LogP contribution in [0, 0.1) is 0 Å². The summed E-state index contributed by atoms with van der Waals surface area (Å²) in [5.74, 6) is 0. The predicted molar refractivity (Wildman–Crippen MR) is 53.8 cm³/mol. The Morgan fingerprint density at radius 1 is 1.50 bits per heavy atom. The standard InChI is InChI=1S/C10H18N2O2/c1-8-9(11-13)7-10(14-8)3-5-12(2)6-4-10/h8,13H,3-7H2,1-2H3/b11-9+/t8-/m0/s1. The number of ether oxygens (including phenoxy) is 1. The van der Waals surface area contributed by atoms with E-state index in [4.69, 9.17) is 9.94 Å². The van der Waals surface area contributed by atoms with Crippen molar-refractivity contribution >= 4 is 5.71 Å². The molecule has 80 valence electrons. The summed E-state index contributed by atoms with van der Waals surface area (Å²) in [4.78, 5) is 2.31. The van der Waals surface area contributed by atoms with Crippen molar-refractivity contribution in [2.45, 2.75) is 37.9 Å². The van der Waals surface area contributed by atoms with E-state index in [1.807, 2.05) is 6.92 Å². The molecule has 2 saturated heterocycles. The van der Waals surface area contributed by atoms with Gasteiger partial charge in [0.1, 0.15) is 0 Å². The first-order valence-electron chi connectivity index (χ1n) is 5.22. The van der Waals surface area contributed by atoms with Crippen molar-refractivity contribution in [3.8, 4) is 0 Å². The van der Waals surface area contributed by atoms with Crippen LogP contribution in [0.2, 0.25) is 0 Å². The quantitative estimate of drug-likeness (QED) is 0.468. The van der Waals surface area contributed by atoms with Crippen LogP contribution in [0.1, 0.15) is 26.2 Å². The van der Waals surface area contributed by atoms with E-state index >= 15 is 0 Å². The van der Waals surface area contributed by atoms with Crippen LogP contribution in [0.25, 0.3) is 0 Å². The molecule has 4 heteroatoms. The van der Waals surface area contributed by atoms with E-state index < -0.39 is 0 Å². The lowest BCUT2D eigenvalue weighted by molar-refractivity contribution is -0.0657. The van der Waals surface area contributed by atoms with Gasteiger partial charge >= 0.3 is 0 Å². The maximum Gasteiger partial charge on any atom is 0.0969 e. The molecule has 1 N–H and O–H groups in total. The highest BCUT2D eigenvalue weighted by molar-refractivity contribution is 5.90. The fourth-order valence-corrected chi connectivity index (χ4v) is 2.40. The van der Waals surface area contributed by atoms with Crippen molar-refractivity contribution < 1.29 is 9.94 Å². The zero-order chi connectivity index (χ0) is 10.2. The largest absolute Gasteiger partial charge is 0.411 e. The zero-order valence-corrected chi connectivity index (χ0v) is 8.86. The monoisotopic (exact) mass is 198 g/mol. The summed E-state index contributed by atoms with van der Waals surface area (Å²) in [6.07, 6.45) is 2.89. The van der Waals surface area contributed by atoms with Crippen LogP contribution < -0.4 is 0 Å². The first-order chi connectivity index (χ1) is 6.65. The molecule has 0 aliphatic carbocycles. The number of oxime groups is 1. The molecule has 0 aromatic rings. The Balaban J connectivity index is 2.06. The summed E-state index contributed by atoms with van der Waals surface area (Å²) >= 11 is 0. The van der Waals surface area contributed by atoms with Gasteiger partial charge in [-0.2, -0.15) is 0 Å². The number of rotatable bonds is 0. The molecule has 0 amide bonds. The fourth-order valence-electron chi connectivity index (χ4n) is 2.40. The van der Waals surface area contributed by atoms with Crippen molar-refractivity contribution in [2.24, 2.45) is 5.16 Å². The Morgan fingerprint density at radius 3 is 2.64 bits per heavy atom. The first-order valence-corrected chi connectivity index (χ1v) is 5.22. The Kier molecular flexibility index (Phi) is 2.49. The van der Waals surface area contributed by atoms with Crippen LogP contribution in [0.4, 0.5) is 0 Å². The fraction of sp³-hybridized carbons (Fsp3) is 0.900. The minimum Gasteiger partial charge on any atom is -0.411 e. The molecule has 0 bridgehead atoms. The van der Waals surface area contributed by atoms with Crippen LogP contribution in [0.5, 0.6) is 0 Å². The molecule has 0 radical (unpaired) electrons. The number of hydrogen-bond acceptors (Lipinski definition) is 4. The first kappa shape index (κ1) is 9.93. The Hall–Kier alpha value is -0.610. The highest BCUT2D eigenvalue weighted by Gasteiger charge is 2.44. The van der Waals surface area contributed by atoms with Gasteiger partial charge in [-0.3, -0.25) is 0 Å². The van der Waals surface area contributed by atoms with Crippen molar-refractivity contribution in [1.29, 1.82) is 0 Å². The molecule has 2 rings (SSSR count). The van der Waals surface area contributed by atoms with Gasteiger partial charge in [0, 0.05) is 19.5 Å². The van der Waals surface area contributed by atoms with E-state index in [9.17, 15) is 0 Å². The maximum absolute atomic E-state index is 8.80. The summed E-state index contributed by atoms with van der Waals surface area (Å²) < 4.78 is 5.92. The molecule has 4 nitrogen and oxygen atoms in total. The van der Waals surface area contributed by atoms with Crippen LogP contribution in [-0.2, 0) is 4.74 Å². The second-order valence-corrected chi connectivity index (χ2v) is 4.51. The average Bonchev–Trinajstić information content (AvgIpc) is 2.49. The molecule has 2 aliphatic heterocycles. The average molecular weight is 198 g/mol. The second kappa shape index (κ2) is 3.51. The summed E-state index contributed by atoms with van der Waals surface area (Å²) in [6, 6.07) is 0. The van der Waals surface area contributed by atoms with Crippen molar-refractivity contribution in [1.82, 2.24) is 4.90 Å². The lowest BCUT2D eigenvalue weighted by Crippen LogP contribution is -2.42. The van der Waals surface area contributed by atoms with E-state index in [0.717, 1.165) is 38.1 Å². The van der Waals surface area contributed by atoms with Crippen molar-refractivity contribution in [2.75, 3.05) is 20.1 Å². The summed E-state index contributed by atoms with van der Waals surface area (Å²) in [5, 5.41) is 12.1. The minimum atomic E-state index is -0.0342. The van der Waals surface area contributed by atoms with Crippen LogP contribution in [-0.4, -0.2) is 47.7 Å². The number of hydrogen-bond donors (Lipinski definition) is 1. The van der Waals surface area contributed by atoms with Gasteiger partial charge in [-0.05, 0) is 26.8 Å². The SMILES string of the molecule is C[C@@H]1OC2(CCN(C)CC2)C/C1=N\O. The third-order valence-corrected chi connectivity index (χ3v) is 3.43. The molecule has 0 unspecified atom stereocenters. The highest BCUT2D eigenvalue weighted by Crippen LogP contribution is 2.37. The Morgan fingerprint density at radius 2 is 2.14 bits per heavy atom. The Bertz CT molecular complexity index is 245. The topological polar surface area (TPSA) is 45.1 Å². The maximum atomic E-state index is 8.80. The van der Waals surface area contributed by atoms with Gasteiger partial charge in [0.25, 0.3) is 0 Å². The molecule has 14 heavy (non-hydrogen) atoms. The van der Waals surface area contributed by atoms with Gasteiger partial charge in [-0.1, -0.05) is 5.16 Å². The van der Waals surface area contributed by atoms with E-state index in [1.165, 1.54) is 0 Å². The van der Waals surface area contributed by atoms with Gasteiger partial charge in [0.05, 0.1) is 17.4 Å². The molecule has 1 atom stereocenters. The molecule has 0 aromatic carbocycles. The smallest absolute Gasteiger partial charge is 0.0969 e. The molecule has 2 aliphatic rings. The van der Waals surface area contributed by atoms with E-state index in [2.05, 4.69) is 17.1 Å². The molecular weight excluding hydrogens is 180 g/mol. The van der Waals surface area contributed by atoms with Crippen LogP contribution >= 0.6 is 0 Å². The van der Waals surface area contributed by atoms with E-state index in [-0.39, 0.29) is 11.7 Å². The summed E-state index contributed by atoms with van der Waals surface area (Å²) in [7, 11) is 2.13. The van der Waals surface area contributed by atoms with Gasteiger partial charge in [0.2, 0.25) is 0 Å². The van der Waals surface area contributed by atoms with Crippen LogP contribution in [0.15, 0.2) is 5.16 Å². The predicted octanol–water partition coefficient (Wildman–Crippen LogP) is 1.09. The molecule has 2 heterocycles. The Labute approximate surface area is 84.5 Å². The van der Waals surface area contributed by atoms with Crippen LogP contribution in [0.3, 0.4) is 0 Å². The highest BCUT2D eigenvalue weighted by atomic mass is 16.5. The van der Waals surface area contributed by atoms with Crippen molar-refractivity contribution in [3.63, 3.8) is 0 Å². The van der Waals surface area contributed by atoms with E-state index in [0.29, 0.717) is 0 Å². The van der Waals surface area contributed by atoms with Gasteiger partial charge in [-0.25, -0.2) is 0 Å². The molecule has 0 aromatic heterocycles. The molecule has 1 spiro atoms.